The molecule has 4 nitrogen and oxygen atoms in total. The van der Waals surface area contributed by atoms with Gasteiger partial charge in [0.2, 0.25) is 10.0 Å². The Bertz CT molecular complexity index is 669. The minimum absolute atomic E-state index is 0.220. The molecule has 19 heavy (non-hydrogen) atoms. The number of nitrogens with one attached hydrogen (secondary N) is 1. The highest BCUT2D eigenvalue weighted by atomic mass is 32.2. The van der Waals surface area contributed by atoms with Crippen LogP contribution in [0.1, 0.15) is 5.56 Å². The van der Waals surface area contributed by atoms with E-state index in [-0.39, 0.29) is 5.75 Å². The SMILES string of the molecule is Nc1cccc(NS(=O)(=O)Cc2ccc(F)cc2)c1. The van der Waals surface area contributed by atoms with E-state index < -0.39 is 15.8 Å². The molecule has 0 amide bonds. The molecular weight excluding hydrogens is 267 g/mol. The Hall–Kier alpha value is -2.08. The van der Waals surface area contributed by atoms with Crippen LogP contribution in [0.25, 0.3) is 0 Å². The Morgan fingerprint density at radius 2 is 1.79 bits per heavy atom. The summed E-state index contributed by atoms with van der Waals surface area (Å²) in [5.74, 6) is -0.618. The molecule has 0 spiro atoms. The number of anilines is 2. The van der Waals surface area contributed by atoms with E-state index in [1.165, 1.54) is 30.3 Å². The van der Waals surface area contributed by atoms with Gasteiger partial charge in [-0.2, -0.15) is 0 Å². The second-order valence-electron chi connectivity index (χ2n) is 4.11. The lowest BCUT2D eigenvalue weighted by Crippen LogP contribution is -2.15. The number of hydrogen-bond donors (Lipinski definition) is 2. The van der Waals surface area contributed by atoms with E-state index in [9.17, 15) is 12.8 Å². The number of benzene rings is 2. The second-order valence-corrected chi connectivity index (χ2v) is 5.84. The average Bonchev–Trinajstić information content (AvgIpc) is 2.31. The molecule has 2 rings (SSSR count). The first-order valence-electron chi connectivity index (χ1n) is 5.55. The summed E-state index contributed by atoms with van der Waals surface area (Å²) in [4.78, 5) is 0. The molecule has 2 aromatic rings. The Morgan fingerprint density at radius 1 is 1.11 bits per heavy atom. The number of nitrogen functional groups attached to an aromatic ring is 1. The third-order valence-electron chi connectivity index (χ3n) is 2.43. The van der Waals surface area contributed by atoms with E-state index >= 15 is 0 Å². The molecule has 3 N–H and O–H groups in total. The van der Waals surface area contributed by atoms with Gasteiger partial charge in [-0.05, 0) is 35.9 Å². The molecule has 0 aliphatic carbocycles. The van der Waals surface area contributed by atoms with Crippen LogP contribution in [0.15, 0.2) is 48.5 Å². The Morgan fingerprint density at radius 3 is 2.42 bits per heavy atom. The van der Waals surface area contributed by atoms with Crippen molar-refractivity contribution < 1.29 is 12.8 Å². The number of rotatable bonds is 4. The third kappa shape index (κ3) is 3.96. The molecule has 0 radical (unpaired) electrons. The quantitative estimate of drug-likeness (QED) is 0.844. The fourth-order valence-corrected chi connectivity index (χ4v) is 2.81. The largest absolute Gasteiger partial charge is 0.399 e. The molecule has 0 unspecified atom stereocenters. The lowest BCUT2D eigenvalue weighted by Gasteiger charge is -2.08. The summed E-state index contributed by atoms with van der Waals surface area (Å²) in [6.45, 7) is 0. The third-order valence-corrected chi connectivity index (χ3v) is 3.69. The maximum atomic E-state index is 12.7. The van der Waals surface area contributed by atoms with Crippen molar-refractivity contribution in [2.45, 2.75) is 5.75 Å². The first-order valence-corrected chi connectivity index (χ1v) is 7.20. The zero-order valence-electron chi connectivity index (χ0n) is 10.0. The Balaban J connectivity index is 2.13. The van der Waals surface area contributed by atoms with Crippen LogP contribution >= 0.6 is 0 Å². The van der Waals surface area contributed by atoms with E-state index in [2.05, 4.69) is 4.72 Å². The van der Waals surface area contributed by atoms with Gasteiger partial charge >= 0.3 is 0 Å². The van der Waals surface area contributed by atoms with Crippen LogP contribution in [-0.2, 0) is 15.8 Å². The van der Waals surface area contributed by atoms with Crippen molar-refractivity contribution in [3.8, 4) is 0 Å². The fraction of sp³-hybridized carbons (Fsp3) is 0.0769. The number of sulfonamides is 1. The molecule has 6 heteroatoms. The molecule has 0 fully saturated rings. The molecule has 0 aliphatic heterocycles. The normalized spacial score (nSPS) is 11.2. The van der Waals surface area contributed by atoms with Crippen LogP contribution in [0.3, 0.4) is 0 Å². The van der Waals surface area contributed by atoms with Gasteiger partial charge < -0.3 is 5.73 Å². The van der Waals surface area contributed by atoms with Crippen LogP contribution in [0.4, 0.5) is 15.8 Å². The molecule has 0 bridgehead atoms. The standard InChI is InChI=1S/C13H13FN2O2S/c14-11-6-4-10(5-7-11)9-19(17,18)16-13-3-1-2-12(15)8-13/h1-8,16H,9,15H2. The predicted molar refractivity (Wildman–Crippen MR) is 73.5 cm³/mol. The van der Waals surface area contributed by atoms with Gasteiger partial charge in [0.1, 0.15) is 5.82 Å². The maximum Gasteiger partial charge on any atom is 0.236 e. The summed E-state index contributed by atoms with van der Waals surface area (Å²) >= 11 is 0. The molecule has 0 saturated carbocycles. The van der Waals surface area contributed by atoms with Crippen molar-refractivity contribution in [3.05, 3.63) is 59.9 Å². The Labute approximate surface area is 111 Å². The summed E-state index contributed by atoms with van der Waals surface area (Å²) < 4.78 is 39.0. The Kier molecular flexibility index (Phi) is 3.71. The van der Waals surface area contributed by atoms with Crippen molar-refractivity contribution in [1.82, 2.24) is 0 Å². The molecule has 0 atom stereocenters. The van der Waals surface area contributed by atoms with Crippen LogP contribution in [-0.4, -0.2) is 8.42 Å². The average molecular weight is 280 g/mol. The van der Waals surface area contributed by atoms with E-state index in [1.54, 1.807) is 18.2 Å². The first kappa shape index (κ1) is 13.4. The smallest absolute Gasteiger partial charge is 0.236 e. The van der Waals surface area contributed by atoms with Crippen LogP contribution < -0.4 is 10.5 Å². The van der Waals surface area contributed by atoms with Crippen molar-refractivity contribution in [2.75, 3.05) is 10.5 Å². The van der Waals surface area contributed by atoms with E-state index in [1.807, 2.05) is 0 Å². The topological polar surface area (TPSA) is 72.2 Å². The van der Waals surface area contributed by atoms with Gasteiger partial charge in [0, 0.05) is 5.69 Å². The monoisotopic (exact) mass is 280 g/mol. The van der Waals surface area contributed by atoms with Gasteiger partial charge in [0.25, 0.3) is 0 Å². The molecular formula is C13H13FN2O2S. The van der Waals surface area contributed by atoms with Gasteiger partial charge in [-0.15, -0.1) is 0 Å². The van der Waals surface area contributed by atoms with Crippen LogP contribution in [0.5, 0.6) is 0 Å². The highest BCUT2D eigenvalue weighted by molar-refractivity contribution is 7.91. The highest BCUT2D eigenvalue weighted by Gasteiger charge is 2.11. The molecule has 0 aliphatic rings. The molecule has 0 aromatic heterocycles. The lowest BCUT2D eigenvalue weighted by molar-refractivity contribution is 0.600. The summed E-state index contributed by atoms with van der Waals surface area (Å²) in [5.41, 5.74) is 6.96. The minimum atomic E-state index is -3.55. The molecule has 0 saturated heterocycles. The zero-order chi connectivity index (χ0) is 13.9. The van der Waals surface area contributed by atoms with Crippen LogP contribution in [0, 0.1) is 5.82 Å². The van der Waals surface area contributed by atoms with Crippen molar-refractivity contribution >= 4 is 21.4 Å². The maximum absolute atomic E-state index is 12.7. The first-order chi connectivity index (χ1) is 8.94. The van der Waals surface area contributed by atoms with Crippen molar-refractivity contribution in [1.29, 1.82) is 0 Å². The molecule has 2 aromatic carbocycles. The summed E-state index contributed by atoms with van der Waals surface area (Å²) in [7, 11) is -3.55. The van der Waals surface area contributed by atoms with Gasteiger partial charge in [-0.25, -0.2) is 12.8 Å². The van der Waals surface area contributed by atoms with E-state index in [0.717, 1.165) is 0 Å². The molecule has 100 valence electrons. The van der Waals surface area contributed by atoms with Gasteiger partial charge in [-0.1, -0.05) is 18.2 Å². The van der Waals surface area contributed by atoms with Crippen molar-refractivity contribution in [3.63, 3.8) is 0 Å². The van der Waals surface area contributed by atoms with Crippen molar-refractivity contribution in [2.24, 2.45) is 0 Å². The summed E-state index contributed by atoms with van der Waals surface area (Å²) in [5, 5.41) is 0. The second kappa shape index (κ2) is 5.27. The van der Waals surface area contributed by atoms with Gasteiger partial charge in [-0.3, -0.25) is 4.72 Å². The van der Waals surface area contributed by atoms with E-state index in [0.29, 0.717) is 16.9 Å². The number of nitrogens with two attached hydrogens (primary N) is 1. The summed E-state index contributed by atoms with van der Waals surface area (Å²) in [6, 6.07) is 11.8. The molecule has 0 heterocycles. The zero-order valence-corrected chi connectivity index (χ0v) is 10.8. The van der Waals surface area contributed by atoms with E-state index in [4.69, 9.17) is 5.73 Å². The highest BCUT2D eigenvalue weighted by Crippen LogP contribution is 2.15. The number of halogens is 1. The number of hydrogen-bond acceptors (Lipinski definition) is 3. The van der Waals surface area contributed by atoms with Gasteiger partial charge in [0.15, 0.2) is 0 Å². The van der Waals surface area contributed by atoms with Crippen LogP contribution in [0.2, 0.25) is 0 Å². The van der Waals surface area contributed by atoms with Gasteiger partial charge in [0.05, 0.1) is 11.4 Å². The summed E-state index contributed by atoms with van der Waals surface area (Å²) in [6.07, 6.45) is 0. The minimum Gasteiger partial charge on any atom is -0.399 e. The predicted octanol–water partition coefficient (Wildman–Crippen LogP) is 2.35. The fourth-order valence-electron chi connectivity index (χ4n) is 1.62. The lowest BCUT2D eigenvalue weighted by atomic mass is 10.2.